The summed E-state index contributed by atoms with van der Waals surface area (Å²) in [6.45, 7) is 5.09. The van der Waals surface area contributed by atoms with Crippen LogP contribution in [0.4, 0.5) is 0 Å². The molecule has 0 amide bonds. The normalized spacial score (nSPS) is 27.2. The molecule has 1 N–H and O–H groups in total. The Kier molecular flexibility index (Phi) is 4.91. The summed E-state index contributed by atoms with van der Waals surface area (Å²) in [5.74, 6) is 1.16. The largest absolute Gasteiger partial charge is 0.496 e. The van der Waals surface area contributed by atoms with Crippen LogP contribution in [0.1, 0.15) is 24.9 Å². The molecular formula is C16H25N3O3S. The van der Waals surface area contributed by atoms with E-state index >= 15 is 0 Å². The topological polar surface area (TPSA) is 61.9 Å². The lowest BCUT2D eigenvalue weighted by Gasteiger charge is -2.38. The Morgan fingerprint density at radius 1 is 1.26 bits per heavy atom. The average Bonchev–Trinajstić information content (AvgIpc) is 3.02. The van der Waals surface area contributed by atoms with Crippen LogP contribution in [0.5, 0.6) is 5.75 Å². The lowest BCUT2D eigenvalue weighted by atomic mass is 10.0. The van der Waals surface area contributed by atoms with Crippen molar-refractivity contribution in [1.29, 1.82) is 0 Å². The van der Waals surface area contributed by atoms with E-state index in [0.717, 1.165) is 17.7 Å². The summed E-state index contributed by atoms with van der Waals surface area (Å²) in [6.07, 6.45) is 0.935. The molecule has 0 aliphatic carbocycles. The minimum Gasteiger partial charge on any atom is -0.496 e. The van der Waals surface area contributed by atoms with E-state index in [1.165, 1.54) is 0 Å². The van der Waals surface area contributed by atoms with Gasteiger partial charge in [0.05, 0.1) is 13.2 Å². The van der Waals surface area contributed by atoms with Crippen LogP contribution in [0.2, 0.25) is 0 Å². The molecule has 2 atom stereocenters. The average molecular weight is 339 g/mol. The lowest BCUT2D eigenvalue weighted by molar-refractivity contribution is 0.246. The van der Waals surface area contributed by atoms with Gasteiger partial charge in [-0.1, -0.05) is 25.1 Å². The third kappa shape index (κ3) is 3.24. The first-order valence-corrected chi connectivity index (χ1v) is 9.54. The second-order valence-electron chi connectivity index (χ2n) is 6.33. The quantitative estimate of drug-likeness (QED) is 0.896. The monoisotopic (exact) mass is 339 g/mol. The molecule has 2 saturated heterocycles. The van der Waals surface area contributed by atoms with Gasteiger partial charge in [-0.05, 0) is 18.4 Å². The molecule has 2 heterocycles. The predicted molar refractivity (Wildman–Crippen MR) is 89.6 cm³/mol. The van der Waals surface area contributed by atoms with E-state index in [1.54, 1.807) is 15.7 Å². The van der Waals surface area contributed by atoms with Crippen LogP contribution in [0.3, 0.4) is 0 Å². The van der Waals surface area contributed by atoms with Crippen molar-refractivity contribution >= 4 is 10.2 Å². The third-order valence-electron chi connectivity index (χ3n) is 4.70. The minimum atomic E-state index is -3.45. The molecule has 2 unspecified atom stereocenters. The van der Waals surface area contributed by atoms with Gasteiger partial charge in [-0.25, -0.2) is 0 Å². The number of hydrogen-bond donors (Lipinski definition) is 1. The SMILES string of the molecule is COc1ccccc1C1CNCCN1S(=O)(=O)N1CCC(C)C1. The van der Waals surface area contributed by atoms with E-state index in [2.05, 4.69) is 12.2 Å². The molecule has 23 heavy (non-hydrogen) atoms. The fourth-order valence-corrected chi connectivity index (χ4v) is 5.33. The predicted octanol–water partition coefficient (Wildman–Crippen LogP) is 1.23. The van der Waals surface area contributed by atoms with Crippen LogP contribution in [-0.4, -0.2) is 56.9 Å². The number of piperazine rings is 1. The van der Waals surface area contributed by atoms with Crippen molar-refractivity contribution in [1.82, 2.24) is 13.9 Å². The van der Waals surface area contributed by atoms with E-state index in [-0.39, 0.29) is 6.04 Å². The minimum absolute atomic E-state index is 0.235. The van der Waals surface area contributed by atoms with Crippen LogP contribution in [-0.2, 0) is 10.2 Å². The Balaban J connectivity index is 1.93. The highest BCUT2D eigenvalue weighted by Gasteiger charge is 2.40. The summed E-state index contributed by atoms with van der Waals surface area (Å²) in [7, 11) is -1.82. The van der Waals surface area contributed by atoms with Gasteiger partial charge in [0.1, 0.15) is 5.75 Å². The Hall–Kier alpha value is -1.15. The van der Waals surface area contributed by atoms with Crippen LogP contribution in [0.25, 0.3) is 0 Å². The van der Waals surface area contributed by atoms with Crippen LogP contribution >= 0.6 is 0 Å². The summed E-state index contributed by atoms with van der Waals surface area (Å²) in [5.41, 5.74) is 0.915. The fourth-order valence-electron chi connectivity index (χ4n) is 3.42. The molecule has 0 saturated carbocycles. The number of para-hydroxylation sites is 1. The van der Waals surface area contributed by atoms with Crippen molar-refractivity contribution in [3.8, 4) is 5.75 Å². The van der Waals surface area contributed by atoms with Gasteiger partial charge in [0.25, 0.3) is 10.2 Å². The zero-order valence-electron chi connectivity index (χ0n) is 13.7. The van der Waals surface area contributed by atoms with Gasteiger partial charge in [-0.15, -0.1) is 0 Å². The smallest absolute Gasteiger partial charge is 0.282 e. The Morgan fingerprint density at radius 2 is 2.04 bits per heavy atom. The molecular weight excluding hydrogens is 314 g/mol. The van der Waals surface area contributed by atoms with Crippen molar-refractivity contribution in [3.63, 3.8) is 0 Å². The number of methoxy groups -OCH3 is 1. The zero-order chi connectivity index (χ0) is 16.4. The molecule has 0 radical (unpaired) electrons. The molecule has 2 aliphatic heterocycles. The van der Waals surface area contributed by atoms with Crippen LogP contribution in [0.15, 0.2) is 24.3 Å². The van der Waals surface area contributed by atoms with Crippen molar-refractivity contribution < 1.29 is 13.2 Å². The summed E-state index contributed by atoms with van der Waals surface area (Å²) in [4.78, 5) is 0. The molecule has 2 fully saturated rings. The molecule has 3 rings (SSSR count). The highest BCUT2D eigenvalue weighted by atomic mass is 32.2. The molecule has 6 nitrogen and oxygen atoms in total. The molecule has 0 aromatic heterocycles. The van der Waals surface area contributed by atoms with E-state index in [4.69, 9.17) is 4.74 Å². The second-order valence-corrected chi connectivity index (χ2v) is 8.21. The number of benzene rings is 1. The molecule has 7 heteroatoms. The number of rotatable bonds is 4. The standard InChI is InChI=1S/C16H25N3O3S/c1-13-7-9-18(12-13)23(20,21)19-10-8-17-11-15(19)14-5-3-4-6-16(14)22-2/h3-6,13,15,17H,7-12H2,1-2H3. The molecule has 1 aromatic rings. The first-order valence-electron chi connectivity index (χ1n) is 8.14. The van der Waals surface area contributed by atoms with Crippen molar-refractivity contribution in [2.75, 3.05) is 39.8 Å². The van der Waals surface area contributed by atoms with E-state index in [1.807, 2.05) is 24.3 Å². The van der Waals surface area contributed by atoms with E-state index in [0.29, 0.717) is 38.6 Å². The van der Waals surface area contributed by atoms with Crippen LogP contribution < -0.4 is 10.1 Å². The van der Waals surface area contributed by atoms with Crippen molar-refractivity contribution in [3.05, 3.63) is 29.8 Å². The number of nitrogens with zero attached hydrogens (tertiary/aromatic N) is 2. The van der Waals surface area contributed by atoms with Gasteiger partial charge in [-0.3, -0.25) is 0 Å². The Morgan fingerprint density at radius 3 is 2.74 bits per heavy atom. The maximum atomic E-state index is 13.1. The number of ether oxygens (including phenoxy) is 1. The molecule has 128 valence electrons. The van der Waals surface area contributed by atoms with Crippen molar-refractivity contribution in [2.45, 2.75) is 19.4 Å². The second kappa shape index (κ2) is 6.76. The summed E-state index contributed by atoms with van der Waals surface area (Å²) in [5, 5.41) is 3.31. The van der Waals surface area contributed by atoms with Crippen LogP contribution in [0, 0.1) is 5.92 Å². The molecule has 0 bridgehead atoms. The summed E-state index contributed by atoms with van der Waals surface area (Å²) < 4.78 is 34.9. The van der Waals surface area contributed by atoms with Gasteiger partial charge in [0, 0.05) is 38.3 Å². The summed E-state index contributed by atoms with van der Waals surface area (Å²) >= 11 is 0. The van der Waals surface area contributed by atoms with Gasteiger partial charge in [0.2, 0.25) is 0 Å². The third-order valence-corrected chi connectivity index (χ3v) is 6.72. The Bertz CT molecular complexity index is 650. The number of hydrogen-bond acceptors (Lipinski definition) is 4. The van der Waals surface area contributed by atoms with E-state index < -0.39 is 10.2 Å². The number of nitrogens with one attached hydrogen (secondary N) is 1. The zero-order valence-corrected chi connectivity index (χ0v) is 14.6. The lowest BCUT2D eigenvalue weighted by Crippen LogP contribution is -2.53. The highest BCUT2D eigenvalue weighted by Crippen LogP contribution is 2.33. The maximum Gasteiger partial charge on any atom is 0.282 e. The molecule has 2 aliphatic rings. The first-order chi connectivity index (χ1) is 11.0. The summed E-state index contributed by atoms with van der Waals surface area (Å²) in [6, 6.07) is 7.42. The van der Waals surface area contributed by atoms with Gasteiger partial charge >= 0.3 is 0 Å². The van der Waals surface area contributed by atoms with E-state index in [9.17, 15) is 8.42 Å². The first kappa shape index (κ1) is 16.7. The highest BCUT2D eigenvalue weighted by molar-refractivity contribution is 7.86. The Labute approximate surface area is 138 Å². The van der Waals surface area contributed by atoms with Gasteiger partial charge in [-0.2, -0.15) is 17.0 Å². The fraction of sp³-hybridized carbons (Fsp3) is 0.625. The molecule has 1 aromatic carbocycles. The maximum absolute atomic E-state index is 13.1. The molecule has 0 spiro atoms. The van der Waals surface area contributed by atoms with Gasteiger partial charge < -0.3 is 10.1 Å². The van der Waals surface area contributed by atoms with Gasteiger partial charge in [0.15, 0.2) is 0 Å². The van der Waals surface area contributed by atoms with Crippen molar-refractivity contribution in [2.24, 2.45) is 5.92 Å².